The van der Waals surface area contributed by atoms with E-state index in [1.165, 1.54) is 0 Å². The van der Waals surface area contributed by atoms with Crippen molar-refractivity contribution in [2.45, 2.75) is 0 Å². The Kier molecular flexibility index (Phi) is 3.32. The van der Waals surface area contributed by atoms with Crippen molar-refractivity contribution in [2.24, 2.45) is 0 Å². The Balaban J connectivity index is 2.27. The second kappa shape index (κ2) is 5.09. The topological polar surface area (TPSA) is 35.2 Å². The molecule has 0 amide bonds. The van der Waals surface area contributed by atoms with Crippen molar-refractivity contribution >= 4 is 5.69 Å². The highest BCUT2D eigenvalue weighted by atomic mass is 16.5. The summed E-state index contributed by atoms with van der Waals surface area (Å²) in [4.78, 5) is 0. The number of rotatable bonds is 3. The van der Waals surface area contributed by atoms with E-state index in [-0.39, 0.29) is 6.61 Å². The molecule has 2 nitrogen and oxygen atoms in total. The zero-order valence-electron chi connectivity index (χ0n) is 9.39. The Morgan fingerprint density at radius 2 is 1.82 bits per heavy atom. The van der Waals surface area contributed by atoms with Crippen LogP contribution in [-0.2, 0) is 0 Å². The van der Waals surface area contributed by atoms with Gasteiger partial charge in [-0.3, -0.25) is 0 Å². The van der Waals surface area contributed by atoms with Gasteiger partial charge in [-0.05, 0) is 35.4 Å². The van der Waals surface area contributed by atoms with Crippen LogP contribution in [0.15, 0.2) is 48.5 Å². The molecule has 84 valence electrons. The van der Waals surface area contributed by atoms with Crippen molar-refractivity contribution in [1.82, 2.24) is 0 Å². The average molecular weight is 223 g/mol. The molecule has 0 fully saturated rings. The number of hydrogen-bond donors (Lipinski definition) is 1. The van der Waals surface area contributed by atoms with Crippen LogP contribution in [0.4, 0.5) is 5.69 Å². The fourth-order valence-corrected chi connectivity index (χ4v) is 1.57. The van der Waals surface area contributed by atoms with E-state index in [1.54, 1.807) is 0 Å². The third-order valence-electron chi connectivity index (χ3n) is 2.40. The minimum Gasteiger partial charge on any atom is -0.481 e. The predicted octanol–water partition coefficient (Wildman–Crippen LogP) is 2.95. The Hall–Kier alpha value is -2.40. The van der Waals surface area contributed by atoms with Crippen LogP contribution in [0.2, 0.25) is 0 Å². The second-order valence-corrected chi connectivity index (χ2v) is 3.64. The molecule has 2 aromatic carbocycles. The molecule has 0 aliphatic rings. The Labute approximate surface area is 101 Å². The summed E-state index contributed by atoms with van der Waals surface area (Å²) in [6.45, 7) is 0.283. The number of terminal acetylenes is 1. The summed E-state index contributed by atoms with van der Waals surface area (Å²) in [6.07, 6.45) is 5.15. The Bertz CT molecular complexity index is 538. The van der Waals surface area contributed by atoms with Gasteiger partial charge in [0, 0.05) is 5.69 Å². The number of hydrogen-bond acceptors (Lipinski definition) is 2. The number of ether oxygens (including phenoxy) is 1. The van der Waals surface area contributed by atoms with Crippen LogP contribution in [0, 0.1) is 12.3 Å². The van der Waals surface area contributed by atoms with E-state index < -0.39 is 0 Å². The summed E-state index contributed by atoms with van der Waals surface area (Å²) in [6, 6.07) is 15.5. The molecular weight excluding hydrogens is 210 g/mol. The van der Waals surface area contributed by atoms with Crippen molar-refractivity contribution in [3.8, 4) is 29.2 Å². The van der Waals surface area contributed by atoms with Gasteiger partial charge in [-0.1, -0.05) is 30.2 Å². The quantitative estimate of drug-likeness (QED) is 0.641. The summed E-state index contributed by atoms with van der Waals surface area (Å²) in [5, 5.41) is 0. The lowest BCUT2D eigenvalue weighted by atomic mass is 10.1. The lowest BCUT2D eigenvalue weighted by Crippen LogP contribution is -1.93. The van der Waals surface area contributed by atoms with Crippen LogP contribution >= 0.6 is 0 Å². The number of benzene rings is 2. The molecule has 0 bridgehead atoms. The van der Waals surface area contributed by atoms with Gasteiger partial charge in [0.2, 0.25) is 0 Å². The molecule has 0 heterocycles. The maximum atomic E-state index is 5.65. The van der Waals surface area contributed by atoms with Gasteiger partial charge in [-0.15, -0.1) is 6.42 Å². The molecule has 0 saturated carbocycles. The van der Waals surface area contributed by atoms with Crippen molar-refractivity contribution in [2.75, 3.05) is 12.3 Å². The van der Waals surface area contributed by atoms with E-state index in [0.29, 0.717) is 0 Å². The second-order valence-electron chi connectivity index (χ2n) is 3.64. The summed E-state index contributed by atoms with van der Waals surface area (Å²) in [5.74, 6) is 3.22. The van der Waals surface area contributed by atoms with Crippen molar-refractivity contribution in [1.29, 1.82) is 0 Å². The van der Waals surface area contributed by atoms with Gasteiger partial charge in [-0.2, -0.15) is 0 Å². The van der Waals surface area contributed by atoms with Gasteiger partial charge >= 0.3 is 0 Å². The highest BCUT2D eigenvalue weighted by Crippen LogP contribution is 2.24. The molecule has 0 aliphatic carbocycles. The van der Waals surface area contributed by atoms with Crippen LogP contribution in [0.25, 0.3) is 11.1 Å². The first-order valence-corrected chi connectivity index (χ1v) is 5.32. The zero-order chi connectivity index (χ0) is 12.1. The fourth-order valence-electron chi connectivity index (χ4n) is 1.57. The summed E-state index contributed by atoms with van der Waals surface area (Å²) in [7, 11) is 0. The van der Waals surface area contributed by atoms with Crippen molar-refractivity contribution in [3.63, 3.8) is 0 Å². The molecule has 0 atom stereocenters. The van der Waals surface area contributed by atoms with E-state index in [9.17, 15) is 0 Å². The summed E-state index contributed by atoms with van der Waals surface area (Å²) in [5.41, 5.74) is 8.60. The Morgan fingerprint density at radius 1 is 1.06 bits per heavy atom. The SMILES string of the molecule is C#CCOc1cccc(-c2ccc(N)cc2)c1. The molecule has 0 spiro atoms. The number of nitrogen functional groups attached to an aromatic ring is 1. The van der Waals surface area contributed by atoms with Gasteiger partial charge in [0.15, 0.2) is 0 Å². The van der Waals surface area contributed by atoms with Gasteiger partial charge in [-0.25, -0.2) is 0 Å². The normalized spacial score (nSPS) is 9.59. The van der Waals surface area contributed by atoms with Crippen LogP contribution in [0.5, 0.6) is 5.75 Å². The number of nitrogens with two attached hydrogens (primary N) is 1. The molecule has 0 radical (unpaired) electrons. The molecule has 0 unspecified atom stereocenters. The van der Waals surface area contributed by atoms with Gasteiger partial charge < -0.3 is 10.5 Å². The van der Waals surface area contributed by atoms with Crippen LogP contribution in [0.3, 0.4) is 0 Å². The first kappa shape index (κ1) is 11.1. The molecular formula is C15H13NO. The van der Waals surface area contributed by atoms with E-state index in [2.05, 4.69) is 5.92 Å². The van der Waals surface area contributed by atoms with E-state index in [1.807, 2.05) is 48.5 Å². The van der Waals surface area contributed by atoms with Gasteiger partial charge in [0.25, 0.3) is 0 Å². The van der Waals surface area contributed by atoms with E-state index in [4.69, 9.17) is 16.9 Å². The molecule has 2 heteroatoms. The van der Waals surface area contributed by atoms with E-state index >= 15 is 0 Å². The molecule has 0 aromatic heterocycles. The highest BCUT2D eigenvalue weighted by Gasteiger charge is 1.99. The largest absolute Gasteiger partial charge is 0.481 e. The first-order valence-electron chi connectivity index (χ1n) is 5.32. The van der Waals surface area contributed by atoms with Crippen LogP contribution in [0.1, 0.15) is 0 Å². The summed E-state index contributed by atoms with van der Waals surface area (Å²) >= 11 is 0. The third-order valence-corrected chi connectivity index (χ3v) is 2.40. The molecule has 0 saturated heterocycles. The number of anilines is 1. The van der Waals surface area contributed by atoms with Gasteiger partial charge in [0.1, 0.15) is 12.4 Å². The van der Waals surface area contributed by atoms with Crippen molar-refractivity contribution in [3.05, 3.63) is 48.5 Å². The standard InChI is InChI=1S/C15H13NO/c1-2-10-17-15-5-3-4-13(11-15)12-6-8-14(16)9-7-12/h1,3-9,11H,10,16H2. The highest BCUT2D eigenvalue weighted by molar-refractivity contribution is 5.66. The average Bonchev–Trinajstić information content (AvgIpc) is 2.37. The fraction of sp³-hybridized carbons (Fsp3) is 0.0667. The monoisotopic (exact) mass is 223 g/mol. The van der Waals surface area contributed by atoms with Crippen molar-refractivity contribution < 1.29 is 4.74 Å². The van der Waals surface area contributed by atoms with Gasteiger partial charge in [0.05, 0.1) is 0 Å². The molecule has 17 heavy (non-hydrogen) atoms. The smallest absolute Gasteiger partial charge is 0.148 e. The van der Waals surface area contributed by atoms with Crippen LogP contribution in [-0.4, -0.2) is 6.61 Å². The Morgan fingerprint density at radius 3 is 2.53 bits per heavy atom. The summed E-state index contributed by atoms with van der Waals surface area (Å²) < 4.78 is 5.38. The van der Waals surface area contributed by atoms with E-state index in [0.717, 1.165) is 22.6 Å². The van der Waals surface area contributed by atoms with Crippen LogP contribution < -0.4 is 10.5 Å². The molecule has 2 rings (SSSR count). The molecule has 2 aromatic rings. The first-order chi connectivity index (χ1) is 8.29. The lowest BCUT2D eigenvalue weighted by molar-refractivity contribution is 0.370. The zero-order valence-corrected chi connectivity index (χ0v) is 9.39. The predicted molar refractivity (Wildman–Crippen MR) is 70.6 cm³/mol. The minimum atomic E-state index is 0.283. The lowest BCUT2D eigenvalue weighted by Gasteiger charge is -2.06. The maximum Gasteiger partial charge on any atom is 0.148 e. The molecule has 2 N–H and O–H groups in total. The third kappa shape index (κ3) is 2.79. The minimum absolute atomic E-state index is 0.283. The maximum absolute atomic E-state index is 5.65. The molecule has 0 aliphatic heterocycles.